The van der Waals surface area contributed by atoms with Crippen molar-refractivity contribution in [1.82, 2.24) is 5.32 Å². The molecule has 1 unspecified atom stereocenters. The van der Waals surface area contributed by atoms with Gasteiger partial charge < -0.3 is 21.9 Å². The van der Waals surface area contributed by atoms with E-state index in [2.05, 4.69) is 5.32 Å². The first-order valence-electron chi connectivity index (χ1n) is 5.31. The molecule has 17 heavy (non-hydrogen) atoms. The molecule has 0 saturated carbocycles. The predicted octanol–water partition coefficient (Wildman–Crippen LogP) is -1.20. The molecule has 7 heteroatoms. The molecule has 0 aliphatic rings. The summed E-state index contributed by atoms with van der Waals surface area (Å²) in [5, 5.41) is 11.0. The third kappa shape index (κ3) is 6.52. The first-order chi connectivity index (χ1) is 7.73. The number of primary amides is 1. The van der Waals surface area contributed by atoms with Crippen LogP contribution in [-0.4, -0.2) is 35.0 Å². The van der Waals surface area contributed by atoms with E-state index in [-0.39, 0.29) is 5.92 Å². The highest BCUT2D eigenvalue weighted by atomic mass is 16.4. The first-order valence-corrected chi connectivity index (χ1v) is 5.31. The van der Waals surface area contributed by atoms with Gasteiger partial charge in [-0.3, -0.25) is 9.59 Å². The monoisotopic (exact) mass is 245 g/mol. The highest BCUT2D eigenvalue weighted by molar-refractivity contribution is 5.89. The standard InChI is InChI=1S/C10H19N3O4/c1-5(2)3-6(11)9(15)13-7(10(16)17)4-8(12)14/h5-7H,3-4,11H2,1-2H3,(H2,12,14)(H,13,15)(H,16,17)/t6-,7?/m1/s1. The number of hydrogen-bond donors (Lipinski definition) is 4. The second kappa shape index (κ2) is 6.85. The summed E-state index contributed by atoms with van der Waals surface area (Å²) < 4.78 is 0. The topological polar surface area (TPSA) is 136 Å². The van der Waals surface area contributed by atoms with Gasteiger partial charge in [0.25, 0.3) is 0 Å². The number of carbonyl (C=O) groups is 3. The van der Waals surface area contributed by atoms with Gasteiger partial charge in [-0.15, -0.1) is 0 Å². The van der Waals surface area contributed by atoms with Crippen LogP contribution in [0.4, 0.5) is 0 Å². The molecular formula is C10H19N3O4. The third-order valence-electron chi connectivity index (χ3n) is 2.08. The minimum Gasteiger partial charge on any atom is -0.480 e. The van der Waals surface area contributed by atoms with Crippen molar-refractivity contribution in [1.29, 1.82) is 0 Å². The average molecular weight is 245 g/mol. The Balaban J connectivity index is 4.39. The minimum absolute atomic E-state index is 0.218. The smallest absolute Gasteiger partial charge is 0.326 e. The maximum Gasteiger partial charge on any atom is 0.326 e. The largest absolute Gasteiger partial charge is 0.480 e. The second-order valence-electron chi connectivity index (χ2n) is 4.31. The number of nitrogens with one attached hydrogen (secondary N) is 1. The average Bonchev–Trinajstić information content (AvgIpc) is 2.14. The molecule has 98 valence electrons. The van der Waals surface area contributed by atoms with Crippen molar-refractivity contribution in [2.24, 2.45) is 17.4 Å². The quantitative estimate of drug-likeness (QED) is 0.447. The Morgan fingerprint density at radius 1 is 1.29 bits per heavy atom. The number of nitrogens with two attached hydrogens (primary N) is 2. The number of hydrogen-bond acceptors (Lipinski definition) is 4. The molecule has 0 radical (unpaired) electrons. The van der Waals surface area contributed by atoms with Gasteiger partial charge in [0.1, 0.15) is 6.04 Å². The molecule has 0 aliphatic carbocycles. The number of aliphatic carboxylic acids is 1. The van der Waals surface area contributed by atoms with Crippen LogP contribution in [0.15, 0.2) is 0 Å². The van der Waals surface area contributed by atoms with Gasteiger partial charge in [-0.25, -0.2) is 4.79 Å². The van der Waals surface area contributed by atoms with Gasteiger partial charge in [-0.05, 0) is 12.3 Å². The lowest BCUT2D eigenvalue weighted by atomic mass is 10.0. The molecule has 6 N–H and O–H groups in total. The van der Waals surface area contributed by atoms with Crippen LogP contribution in [0.3, 0.4) is 0 Å². The normalized spacial score (nSPS) is 14.1. The minimum atomic E-state index is -1.32. The second-order valence-corrected chi connectivity index (χ2v) is 4.31. The van der Waals surface area contributed by atoms with Crippen molar-refractivity contribution in [2.45, 2.75) is 38.8 Å². The number of rotatable bonds is 7. The fourth-order valence-electron chi connectivity index (χ4n) is 1.29. The molecule has 0 bridgehead atoms. The van der Waals surface area contributed by atoms with Crippen LogP contribution in [-0.2, 0) is 14.4 Å². The summed E-state index contributed by atoms with van der Waals surface area (Å²) >= 11 is 0. The van der Waals surface area contributed by atoms with Gasteiger partial charge in [-0.2, -0.15) is 0 Å². The summed E-state index contributed by atoms with van der Waals surface area (Å²) in [4.78, 5) is 32.9. The summed E-state index contributed by atoms with van der Waals surface area (Å²) in [5.74, 6) is -2.48. The van der Waals surface area contributed by atoms with Crippen molar-refractivity contribution in [3.05, 3.63) is 0 Å². The Morgan fingerprint density at radius 2 is 1.82 bits per heavy atom. The van der Waals surface area contributed by atoms with Crippen LogP contribution in [0, 0.1) is 5.92 Å². The van der Waals surface area contributed by atoms with Crippen molar-refractivity contribution in [3.8, 4) is 0 Å². The molecule has 2 atom stereocenters. The van der Waals surface area contributed by atoms with Crippen LogP contribution in [0.5, 0.6) is 0 Å². The SMILES string of the molecule is CC(C)C[C@@H](N)C(=O)NC(CC(N)=O)C(=O)O. The van der Waals surface area contributed by atoms with E-state index in [1.807, 2.05) is 13.8 Å². The highest BCUT2D eigenvalue weighted by Gasteiger charge is 2.25. The summed E-state index contributed by atoms with van der Waals surface area (Å²) in [6.45, 7) is 3.79. The summed E-state index contributed by atoms with van der Waals surface area (Å²) in [5.41, 5.74) is 10.5. The van der Waals surface area contributed by atoms with Gasteiger partial charge in [0.05, 0.1) is 12.5 Å². The maximum absolute atomic E-state index is 11.5. The van der Waals surface area contributed by atoms with Crippen molar-refractivity contribution in [3.63, 3.8) is 0 Å². The van der Waals surface area contributed by atoms with E-state index in [1.165, 1.54) is 0 Å². The number of carboxylic acid groups (broad SMARTS) is 1. The summed E-state index contributed by atoms with van der Waals surface area (Å²) in [7, 11) is 0. The van der Waals surface area contributed by atoms with Gasteiger partial charge in [0.15, 0.2) is 0 Å². The number of carbonyl (C=O) groups excluding carboxylic acids is 2. The van der Waals surface area contributed by atoms with Crippen LogP contribution < -0.4 is 16.8 Å². The fraction of sp³-hybridized carbons (Fsp3) is 0.700. The zero-order chi connectivity index (χ0) is 13.6. The molecule has 0 aromatic carbocycles. The zero-order valence-corrected chi connectivity index (χ0v) is 9.97. The summed E-state index contributed by atoms with van der Waals surface area (Å²) in [6, 6.07) is -2.11. The van der Waals surface area contributed by atoms with E-state index in [1.54, 1.807) is 0 Å². The van der Waals surface area contributed by atoms with Gasteiger partial charge in [0.2, 0.25) is 11.8 Å². The van der Waals surface area contributed by atoms with Crippen molar-refractivity contribution in [2.75, 3.05) is 0 Å². The van der Waals surface area contributed by atoms with E-state index in [0.29, 0.717) is 6.42 Å². The molecule has 0 spiro atoms. The van der Waals surface area contributed by atoms with Crippen molar-refractivity contribution >= 4 is 17.8 Å². The van der Waals surface area contributed by atoms with Crippen molar-refractivity contribution < 1.29 is 19.5 Å². The number of amides is 2. The molecule has 7 nitrogen and oxygen atoms in total. The third-order valence-corrected chi connectivity index (χ3v) is 2.08. The van der Waals surface area contributed by atoms with E-state index in [0.717, 1.165) is 0 Å². The fourth-order valence-corrected chi connectivity index (χ4v) is 1.29. The van der Waals surface area contributed by atoms with Gasteiger partial charge in [0, 0.05) is 0 Å². The van der Waals surface area contributed by atoms with E-state index < -0.39 is 36.3 Å². The molecule has 0 aromatic rings. The molecular weight excluding hydrogens is 226 g/mol. The number of carboxylic acids is 1. The van der Waals surface area contributed by atoms with Gasteiger partial charge in [-0.1, -0.05) is 13.8 Å². The molecule has 0 aliphatic heterocycles. The lowest BCUT2D eigenvalue weighted by Crippen LogP contribution is -2.50. The summed E-state index contributed by atoms with van der Waals surface area (Å²) in [6.07, 6.45) is -0.00971. The van der Waals surface area contributed by atoms with Crippen LogP contribution in [0.2, 0.25) is 0 Å². The lowest BCUT2D eigenvalue weighted by Gasteiger charge is -2.17. The molecule has 0 rings (SSSR count). The molecule has 0 heterocycles. The van der Waals surface area contributed by atoms with Gasteiger partial charge >= 0.3 is 5.97 Å². The Hall–Kier alpha value is -1.63. The molecule has 2 amide bonds. The Bertz CT molecular complexity index is 304. The van der Waals surface area contributed by atoms with E-state index >= 15 is 0 Å². The maximum atomic E-state index is 11.5. The predicted molar refractivity (Wildman–Crippen MR) is 60.8 cm³/mol. The lowest BCUT2D eigenvalue weighted by molar-refractivity contribution is -0.143. The Morgan fingerprint density at radius 3 is 2.18 bits per heavy atom. The Labute approximate surface area is 99.5 Å². The molecule has 0 aromatic heterocycles. The Kier molecular flexibility index (Phi) is 6.19. The highest BCUT2D eigenvalue weighted by Crippen LogP contribution is 2.03. The van der Waals surface area contributed by atoms with E-state index in [4.69, 9.17) is 16.6 Å². The molecule has 0 fully saturated rings. The first kappa shape index (κ1) is 15.4. The molecule has 0 saturated heterocycles. The zero-order valence-electron chi connectivity index (χ0n) is 9.97. The van der Waals surface area contributed by atoms with Crippen LogP contribution in [0.25, 0.3) is 0 Å². The van der Waals surface area contributed by atoms with Crippen LogP contribution in [0.1, 0.15) is 26.7 Å². The van der Waals surface area contributed by atoms with E-state index in [9.17, 15) is 14.4 Å². The van der Waals surface area contributed by atoms with Crippen LogP contribution >= 0.6 is 0 Å².